The number of nitrogens with two attached hydrogens (primary N) is 1. The van der Waals surface area contributed by atoms with Crippen LogP contribution in [-0.4, -0.2) is 31.9 Å². The van der Waals surface area contributed by atoms with Crippen molar-refractivity contribution >= 4 is 21.6 Å². The van der Waals surface area contributed by atoms with Gasteiger partial charge in [-0.25, -0.2) is 8.42 Å². The van der Waals surface area contributed by atoms with Gasteiger partial charge in [-0.1, -0.05) is 30.2 Å². The van der Waals surface area contributed by atoms with E-state index in [0.717, 1.165) is 19.3 Å². The maximum absolute atomic E-state index is 12.6. The minimum atomic E-state index is -3.53. The molecule has 1 heterocycles. The highest BCUT2D eigenvalue weighted by Crippen LogP contribution is 2.28. The number of hydrogen-bond donors (Lipinski definition) is 1. The van der Waals surface area contributed by atoms with E-state index in [2.05, 4.69) is 0 Å². The quantitative estimate of drug-likeness (QED) is 0.923. The molecule has 1 saturated heterocycles. The minimum absolute atomic E-state index is 0.111. The van der Waals surface area contributed by atoms with Crippen LogP contribution in [0.25, 0.3) is 0 Å². The first kappa shape index (κ1) is 13.8. The van der Waals surface area contributed by atoms with E-state index < -0.39 is 10.0 Å². The van der Waals surface area contributed by atoms with Crippen LogP contribution in [0.15, 0.2) is 29.2 Å². The molecule has 18 heavy (non-hydrogen) atoms. The predicted octanol–water partition coefficient (Wildman–Crippen LogP) is 1.84. The van der Waals surface area contributed by atoms with Crippen molar-refractivity contribution < 1.29 is 8.42 Å². The number of nitrogens with zero attached hydrogens (tertiary/aromatic N) is 1. The molecule has 0 spiro atoms. The lowest BCUT2D eigenvalue weighted by atomic mass is 10.1. The molecule has 4 nitrogen and oxygen atoms in total. The number of sulfonamides is 1. The zero-order chi connectivity index (χ0) is 13.2. The Morgan fingerprint density at radius 3 is 2.72 bits per heavy atom. The van der Waals surface area contributed by atoms with Gasteiger partial charge in [-0.2, -0.15) is 4.31 Å². The maximum atomic E-state index is 12.6. The second-order valence-corrected chi connectivity index (χ2v) is 6.70. The zero-order valence-corrected chi connectivity index (χ0v) is 11.6. The van der Waals surface area contributed by atoms with E-state index in [9.17, 15) is 8.42 Å². The summed E-state index contributed by atoms with van der Waals surface area (Å²) in [5, 5.41) is 0.263. The molecule has 0 aromatic heterocycles. The topological polar surface area (TPSA) is 63.4 Å². The van der Waals surface area contributed by atoms with Crippen molar-refractivity contribution in [2.24, 2.45) is 5.73 Å². The van der Waals surface area contributed by atoms with Crippen molar-refractivity contribution in [3.8, 4) is 0 Å². The Morgan fingerprint density at radius 1 is 1.33 bits per heavy atom. The van der Waals surface area contributed by atoms with Gasteiger partial charge in [0.2, 0.25) is 10.0 Å². The summed E-state index contributed by atoms with van der Waals surface area (Å²) in [6.07, 6.45) is 2.72. The minimum Gasteiger partial charge on any atom is -0.329 e. The Morgan fingerprint density at radius 2 is 2.06 bits per heavy atom. The SMILES string of the molecule is NC[C@H]1CCCCN1S(=O)(=O)c1ccccc1Cl. The molecule has 1 aliphatic rings. The molecule has 0 saturated carbocycles. The van der Waals surface area contributed by atoms with Crippen molar-refractivity contribution in [2.45, 2.75) is 30.2 Å². The number of hydrogen-bond acceptors (Lipinski definition) is 3. The molecule has 1 aromatic rings. The average Bonchev–Trinajstić information content (AvgIpc) is 2.39. The molecule has 1 fully saturated rings. The van der Waals surface area contributed by atoms with E-state index >= 15 is 0 Å². The molecule has 0 bridgehead atoms. The third-order valence-corrected chi connectivity index (χ3v) is 5.72. The van der Waals surface area contributed by atoms with Crippen LogP contribution in [-0.2, 0) is 10.0 Å². The van der Waals surface area contributed by atoms with Crippen molar-refractivity contribution in [1.29, 1.82) is 0 Å². The van der Waals surface area contributed by atoms with Crippen molar-refractivity contribution in [3.63, 3.8) is 0 Å². The third kappa shape index (κ3) is 2.54. The normalized spacial score (nSPS) is 22.0. The van der Waals surface area contributed by atoms with Crippen molar-refractivity contribution in [3.05, 3.63) is 29.3 Å². The van der Waals surface area contributed by atoms with E-state index in [1.165, 1.54) is 4.31 Å². The van der Waals surface area contributed by atoms with Crippen LogP contribution in [0, 0.1) is 0 Å². The molecule has 0 amide bonds. The zero-order valence-electron chi connectivity index (χ0n) is 10.0. The Labute approximate surface area is 113 Å². The van der Waals surface area contributed by atoms with E-state index in [1.54, 1.807) is 24.3 Å². The molecular formula is C12H17ClN2O2S. The Bertz CT molecular complexity index is 519. The first-order valence-electron chi connectivity index (χ1n) is 6.04. The first-order valence-corrected chi connectivity index (χ1v) is 7.85. The summed E-state index contributed by atoms with van der Waals surface area (Å²) in [4.78, 5) is 0.173. The summed E-state index contributed by atoms with van der Waals surface area (Å²) < 4.78 is 26.6. The highest BCUT2D eigenvalue weighted by Gasteiger charge is 2.33. The second kappa shape index (κ2) is 5.57. The Balaban J connectivity index is 2.39. The monoisotopic (exact) mass is 288 g/mol. The van der Waals surface area contributed by atoms with Gasteiger partial charge in [-0.3, -0.25) is 0 Å². The summed E-state index contributed by atoms with van der Waals surface area (Å²) in [6.45, 7) is 0.874. The number of rotatable bonds is 3. The van der Waals surface area contributed by atoms with Crippen LogP contribution in [0.4, 0.5) is 0 Å². The van der Waals surface area contributed by atoms with E-state index in [1.807, 2.05) is 0 Å². The van der Waals surface area contributed by atoms with E-state index in [4.69, 9.17) is 17.3 Å². The lowest BCUT2D eigenvalue weighted by molar-refractivity contribution is 0.257. The highest BCUT2D eigenvalue weighted by atomic mass is 35.5. The molecule has 2 N–H and O–H groups in total. The fraction of sp³-hybridized carbons (Fsp3) is 0.500. The van der Waals surface area contributed by atoms with Gasteiger partial charge in [0.15, 0.2) is 0 Å². The van der Waals surface area contributed by atoms with Gasteiger partial charge >= 0.3 is 0 Å². The van der Waals surface area contributed by atoms with Crippen LogP contribution < -0.4 is 5.73 Å². The third-order valence-electron chi connectivity index (χ3n) is 3.27. The van der Waals surface area contributed by atoms with Gasteiger partial charge in [0, 0.05) is 19.1 Å². The molecule has 2 rings (SSSR count). The molecule has 100 valence electrons. The van der Waals surface area contributed by atoms with Crippen LogP contribution in [0.2, 0.25) is 5.02 Å². The molecular weight excluding hydrogens is 272 g/mol. The van der Waals surface area contributed by atoms with E-state index in [0.29, 0.717) is 13.1 Å². The van der Waals surface area contributed by atoms with Gasteiger partial charge in [0.25, 0.3) is 0 Å². The summed E-state index contributed by atoms with van der Waals surface area (Å²) in [5.74, 6) is 0. The number of benzene rings is 1. The summed E-state index contributed by atoms with van der Waals surface area (Å²) >= 11 is 5.98. The fourth-order valence-corrected chi connectivity index (χ4v) is 4.51. The van der Waals surface area contributed by atoms with Crippen LogP contribution in [0.1, 0.15) is 19.3 Å². The largest absolute Gasteiger partial charge is 0.329 e. The molecule has 1 aliphatic heterocycles. The molecule has 0 unspecified atom stereocenters. The van der Waals surface area contributed by atoms with Gasteiger partial charge in [0.1, 0.15) is 4.90 Å². The van der Waals surface area contributed by atoms with Gasteiger partial charge in [-0.05, 0) is 25.0 Å². The van der Waals surface area contributed by atoms with Gasteiger partial charge in [0.05, 0.1) is 5.02 Å². The Hall–Kier alpha value is -0.620. The van der Waals surface area contributed by atoms with Gasteiger partial charge < -0.3 is 5.73 Å². The van der Waals surface area contributed by atoms with Crippen LogP contribution in [0.5, 0.6) is 0 Å². The molecule has 0 radical (unpaired) electrons. The van der Waals surface area contributed by atoms with Crippen LogP contribution in [0.3, 0.4) is 0 Å². The summed E-state index contributed by atoms with van der Waals surface area (Å²) in [5.41, 5.74) is 5.67. The predicted molar refractivity (Wildman–Crippen MR) is 72.0 cm³/mol. The second-order valence-electron chi connectivity index (χ2n) is 4.43. The Kier molecular flexibility index (Phi) is 4.27. The average molecular weight is 289 g/mol. The smallest absolute Gasteiger partial charge is 0.244 e. The lowest BCUT2D eigenvalue weighted by Gasteiger charge is -2.34. The lowest BCUT2D eigenvalue weighted by Crippen LogP contribution is -2.47. The first-order chi connectivity index (χ1) is 8.57. The van der Waals surface area contributed by atoms with Crippen molar-refractivity contribution in [2.75, 3.05) is 13.1 Å². The number of piperidine rings is 1. The van der Waals surface area contributed by atoms with Crippen molar-refractivity contribution in [1.82, 2.24) is 4.31 Å². The van der Waals surface area contributed by atoms with Crippen LogP contribution >= 0.6 is 11.6 Å². The summed E-state index contributed by atoms with van der Waals surface area (Å²) in [7, 11) is -3.53. The molecule has 0 aliphatic carbocycles. The maximum Gasteiger partial charge on any atom is 0.244 e. The summed E-state index contributed by atoms with van der Waals surface area (Å²) in [6, 6.07) is 6.42. The van der Waals surface area contributed by atoms with Gasteiger partial charge in [-0.15, -0.1) is 0 Å². The fourth-order valence-electron chi connectivity index (χ4n) is 2.31. The standard InChI is InChI=1S/C12H17ClN2O2S/c13-11-6-1-2-7-12(11)18(16,17)15-8-4-3-5-10(15)9-14/h1-2,6-7,10H,3-5,8-9,14H2/t10-/m1/s1. The molecule has 1 aromatic carbocycles. The molecule has 1 atom stereocenters. The number of halogens is 1. The molecule has 6 heteroatoms. The highest BCUT2D eigenvalue weighted by molar-refractivity contribution is 7.89. The van der Waals surface area contributed by atoms with E-state index in [-0.39, 0.29) is 16.0 Å².